The summed E-state index contributed by atoms with van der Waals surface area (Å²) in [6, 6.07) is 85.0. The van der Waals surface area contributed by atoms with Gasteiger partial charge in [0.1, 0.15) is 0 Å². The maximum Gasteiger partial charge on any atom is 0.179 e. The van der Waals surface area contributed by atoms with Gasteiger partial charge >= 0.3 is 0 Å². The molecule has 0 amide bonds. The third kappa shape index (κ3) is 5.17. The minimum absolute atomic E-state index is 1.14. The fraction of sp³-hybridized carbons (Fsp3) is 0. The molecular formula is C54H38N2Si. The van der Waals surface area contributed by atoms with Crippen LogP contribution in [0.3, 0.4) is 0 Å². The van der Waals surface area contributed by atoms with Gasteiger partial charge in [-0.1, -0.05) is 188 Å². The molecule has 57 heavy (non-hydrogen) atoms. The van der Waals surface area contributed by atoms with Crippen molar-refractivity contribution in [3.8, 4) is 22.5 Å². The molecule has 9 aromatic carbocycles. The maximum absolute atomic E-state index is 2.61. The molecule has 2 heterocycles. The van der Waals surface area contributed by atoms with E-state index >= 15 is 0 Å². The van der Waals surface area contributed by atoms with E-state index in [2.05, 4.69) is 240 Å². The highest BCUT2D eigenvalue weighted by atomic mass is 28.3. The Balaban J connectivity index is 1.09. The quantitative estimate of drug-likeness (QED) is 0.114. The van der Waals surface area contributed by atoms with Crippen LogP contribution in [0.25, 0.3) is 66.1 Å². The summed E-state index contributed by atoms with van der Waals surface area (Å²) in [7, 11) is -2.61. The number of nitrogens with zero attached hydrogens (tertiary/aromatic N) is 2. The molecule has 0 radical (unpaired) electrons. The lowest BCUT2D eigenvalue weighted by molar-refractivity contribution is 1.17. The summed E-state index contributed by atoms with van der Waals surface area (Å²) in [5, 5.41) is 10.5. The number of aromatic nitrogens is 2. The lowest BCUT2D eigenvalue weighted by atomic mass is 10.1. The average Bonchev–Trinajstić information content (AvgIpc) is 3.81. The zero-order valence-electron chi connectivity index (χ0n) is 31.3. The minimum atomic E-state index is -2.61. The summed E-state index contributed by atoms with van der Waals surface area (Å²) in [6.07, 6.45) is 0. The molecule has 0 fully saturated rings. The second kappa shape index (κ2) is 13.5. The van der Waals surface area contributed by atoms with E-state index in [0.29, 0.717) is 0 Å². The van der Waals surface area contributed by atoms with Crippen LogP contribution in [0.1, 0.15) is 0 Å². The third-order valence-electron chi connectivity index (χ3n) is 11.9. The summed E-state index contributed by atoms with van der Waals surface area (Å²) in [5.74, 6) is 0. The molecule has 0 aliphatic carbocycles. The van der Waals surface area contributed by atoms with Gasteiger partial charge < -0.3 is 9.13 Å². The first-order valence-corrected chi connectivity index (χ1v) is 21.7. The van der Waals surface area contributed by atoms with Crippen molar-refractivity contribution in [1.82, 2.24) is 9.13 Å². The van der Waals surface area contributed by atoms with Crippen molar-refractivity contribution in [3.63, 3.8) is 0 Å². The molecule has 0 unspecified atom stereocenters. The van der Waals surface area contributed by atoms with Gasteiger partial charge in [-0.15, -0.1) is 0 Å². The van der Waals surface area contributed by atoms with Crippen molar-refractivity contribution in [2.24, 2.45) is 0 Å². The SMILES string of the molecule is c1ccc(-n2c3ccccc3c3ccc4c(c5ccccc5n4-c4cccc(-c5ccc([Si](c6ccccc6)(c6ccccc6)c6ccccc6)cc5)c4)c32)cc1. The van der Waals surface area contributed by atoms with Crippen LogP contribution >= 0.6 is 0 Å². The van der Waals surface area contributed by atoms with Crippen LogP contribution in [0.4, 0.5) is 0 Å². The van der Waals surface area contributed by atoms with Gasteiger partial charge in [-0.05, 0) is 74.3 Å². The number of fused-ring (bicyclic) bond motifs is 7. The van der Waals surface area contributed by atoms with Gasteiger partial charge in [0.25, 0.3) is 0 Å². The summed E-state index contributed by atoms with van der Waals surface area (Å²) < 4.78 is 4.90. The molecule has 2 aromatic heterocycles. The first-order valence-electron chi connectivity index (χ1n) is 19.7. The van der Waals surface area contributed by atoms with Gasteiger partial charge in [-0.25, -0.2) is 0 Å². The monoisotopic (exact) mass is 742 g/mol. The largest absolute Gasteiger partial charge is 0.309 e. The molecule has 11 aromatic rings. The van der Waals surface area contributed by atoms with Crippen LogP contribution in [0.15, 0.2) is 231 Å². The van der Waals surface area contributed by atoms with E-state index in [1.807, 2.05) is 0 Å². The Labute approximate surface area is 333 Å². The molecule has 0 aliphatic heterocycles. The maximum atomic E-state index is 2.45. The third-order valence-corrected chi connectivity index (χ3v) is 16.7. The van der Waals surface area contributed by atoms with Gasteiger partial charge in [-0.3, -0.25) is 0 Å². The predicted octanol–water partition coefficient (Wildman–Crippen LogP) is 10.9. The van der Waals surface area contributed by atoms with Crippen molar-refractivity contribution in [2.45, 2.75) is 0 Å². The van der Waals surface area contributed by atoms with E-state index in [1.54, 1.807) is 0 Å². The number of hydrogen-bond acceptors (Lipinski definition) is 0. The highest BCUT2D eigenvalue weighted by Crippen LogP contribution is 2.42. The zero-order valence-corrected chi connectivity index (χ0v) is 32.3. The number of hydrogen-bond donors (Lipinski definition) is 0. The second-order valence-electron chi connectivity index (χ2n) is 14.9. The first kappa shape index (κ1) is 33.2. The summed E-state index contributed by atoms with van der Waals surface area (Å²) in [5.41, 5.74) is 9.54. The average molecular weight is 743 g/mol. The minimum Gasteiger partial charge on any atom is -0.309 e. The van der Waals surface area contributed by atoms with Crippen molar-refractivity contribution in [2.75, 3.05) is 0 Å². The van der Waals surface area contributed by atoms with Gasteiger partial charge in [0, 0.05) is 32.9 Å². The Bertz CT molecular complexity index is 3100. The number of para-hydroxylation sites is 3. The van der Waals surface area contributed by atoms with Crippen LogP contribution in [0, 0.1) is 0 Å². The highest BCUT2D eigenvalue weighted by Gasteiger charge is 2.41. The Kier molecular flexibility index (Phi) is 7.87. The van der Waals surface area contributed by atoms with Crippen LogP contribution in [-0.2, 0) is 0 Å². The molecule has 0 saturated carbocycles. The zero-order chi connectivity index (χ0) is 37.8. The van der Waals surface area contributed by atoms with Gasteiger partial charge in [0.2, 0.25) is 0 Å². The van der Waals surface area contributed by atoms with Crippen LogP contribution in [0.2, 0.25) is 0 Å². The number of benzene rings is 9. The topological polar surface area (TPSA) is 9.86 Å². The van der Waals surface area contributed by atoms with E-state index in [0.717, 1.165) is 11.4 Å². The van der Waals surface area contributed by atoms with Crippen LogP contribution in [-0.4, -0.2) is 17.2 Å². The van der Waals surface area contributed by atoms with Gasteiger partial charge in [0.05, 0.1) is 22.1 Å². The van der Waals surface area contributed by atoms with E-state index in [9.17, 15) is 0 Å². The smallest absolute Gasteiger partial charge is 0.179 e. The summed E-state index contributed by atoms with van der Waals surface area (Å²) >= 11 is 0. The van der Waals surface area contributed by atoms with Crippen LogP contribution < -0.4 is 20.7 Å². The number of rotatable bonds is 7. The first-order chi connectivity index (χ1) is 28.3. The molecule has 0 N–H and O–H groups in total. The molecule has 0 spiro atoms. The van der Waals surface area contributed by atoms with Gasteiger partial charge in [-0.2, -0.15) is 0 Å². The molecule has 0 aliphatic rings. The van der Waals surface area contributed by atoms with E-state index in [4.69, 9.17) is 0 Å². The van der Waals surface area contributed by atoms with Crippen LogP contribution in [0.5, 0.6) is 0 Å². The highest BCUT2D eigenvalue weighted by molar-refractivity contribution is 7.19. The van der Waals surface area contributed by atoms with Crippen molar-refractivity contribution in [1.29, 1.82) is 0 Å². The van der Waals surface area contributed by atoms with Crippen molar-refractivity contribution < 1.29 is 0 Å². The lowest BCUT2D eigenvalue weighted by Crippen LogP contribution is -2.74. The second-order valence-corrected chi connectivity index (χ2v) is 18.7. The molecule has 0 bridgehead atoms. The Morgan fingerprint density at radius 3 is 1.39 bits per heavy atom. The summed E-state index contributed by atoms with van der Waals surface area (Å²) in [6.45, 7) is 0. The molecule has 268 valence electrons. The Morgan fingerprint density at radius 1 is 0.281 bits per heavy atom. The molecule has 2 nitrogen and oxygen atoms in total. The van der Waals surface area contributed by atoms with E-state index in [1.165, 1.54) is 75.5 Å². The fourth-order valence-electron chi connectivity index (χ4n) is 9.43. The van der Waals surface area contributed by atoms with Crippen molar-refractivity contribution in [3.05, 3.63) is 231 Å². The summed E-state index contributed by atoms with van der Waals surface area (Å²) in [4.78, 5) is 0. The molecule has 0 atom stereocenters. The standard InChI is InChI=1S/C54H38N2Si/c1-5-19-41(20-6-1)56-50-30-15-13-28-47(50)48-36-37-52-53(54(48)56)49-29-14-16-31-51(49)55(52)42-21-17-18-40(38-42)39-32-34-46(35-33-39)57(43-22-7-2-8-23-43,44-24-9-3-10-25-44)45-26-11-4-12-27-45/h1-38H. The van der Waals surface area contributed by atoms with Crippen molar-refractivity contribution >= 4 is 72.4 Å². The normalized spacial score (nSPS) is 11.9. The molecule has 3 heteroatoms. The Hall–Kier alpha value is -7.20. The molecular weight excluding hydrogens is 705 g/mol. The Morgan fingerprint density at radius 2 is 0.772 bits per heavy atom. The lowest BCUT2D eigenvalue weighted by Gasteiger charge is -2.34. The van der Waals surface area contributed by atoms with E-state index < -0.39 is 8.07 Å². The predicted molar refractivity (Wildman–Crippen MR) is 244 cm³/mol. The molecule has 0 saturated heterocycles. The van der Waals surface area contributed by atoms with E-state index in [-0.39, 0.29) is 0 Å². The molecule has 11 rings (SSSR count). The van der Waals surface area contributed by atoms with Gasteiger partial charge in [0.15, 0.2) is 8.07 Å². The fourth-order valence-corrected chi connectivity index (χ4v) is 14.2.